The van der Waals surface area contributed by atoms with Gasteiger partial charge in [0.25, 0.3) is 11.8 Å². The van der Waals surface area contributed by atoms with Gasteiger partial charge in [-0.3, -0.25) is 19.8 Å². The van der Waals surface area contributed by atoms with Gasteiger partial charge in [0.15, 0.2) is 5.11 Å². The molecule has 1 aliphatic rings. The molecule has 2 amide bonds. The van der Waals surface area contributed by atoms with Crippen molar-refractivity contribution in [3.8, 4) is 5.75 Å². The first-order valence-corrected chi connectivity index (χ1v) is 11.2. The van der Waals surface area contributed by atoms with Crippen LogP contribution in [0.1, 0.15) is 32.6 Å². The Bertz CT molecular complexity index is 1380. The van der Waals surface area contributed by atoms with E-state index >= 15 is 0 Å². The highest BCUT2D eigenvalue weighted by atomic mass is 32.1. The summed E-state index contributed by atoms with van der Waals surface area (Å²) in [4.78, 5) is 38.5. The number of nitrogens with one attached hydrogen (secondary N) is 1. The fourth-order valence-corrected chi connectivity index (χ4v) is 3.92. The highest BCUT2D eigenvalue weighted by Gasteiger charge is 2.35. The number of amides is 2. The number of benzene rings is 3. The molecule has 1 fully saturated rings. The molecule has 8 heteroatoms. The number of carboxylic acids is 1. The van der Waals surface area contributed by atoms with E-state index in [1.54, 1.807) is 42.5 Å². The van der Waals surface area contributed by atoms with E-state index in [-0.39, 0.29) is 22.9 Å². The van der Waals surface area contributed by atoms with Gasteiger partial charge in [0.2, 0.25) is 0 Å². The second-order valence-electron chi connectivity index (χ2n) is 8.01. The van der Waals surface area contributed by atoms with Crippen LogP contribution in [0.3, 0.4) is 0 Å². The Morgan fingerprint density at radius 1 is 1.03 bits per heavy atom. The number of hydrogen-bond acceptors (Lipinski definition) is 5. The minimum atomic E-state index is -1.00. The molecule has 0 bridgehead atoms. The third-order valence-electron chi connectivity index (χ3n) is 5.73. The molecule has 3 aromatic rings. The second-order valence-corrected chi connectivity index (χ2v) is 8.39. The van der Waals surface area contributed by atoms with Crippen molar-refractivity contribution < 1.29 is 24.2 Å². The number of carboxylic acid groups (broad SMARTS) is 1. The Morgan fingerprint density at radius 2 is 1.74 bits per heavy atom. The quantitative estimate of drug-likeness (QED) is 0.304. The van der Waals surface area contributed by atoms with E-state index in [9.17, 15) is 14.4 Å². The molecule has 2 N–H and O–H groups in total. The van der Waals surface area contributed by atoms with Gasteiger partial charge in [-0.2, -0.15) is 0 Å². The summed E-state index contributed by atoms with van der Waals surface area (Å²) in [5.74, 6) is -1.64. The molecule has 1 aliphatic heterocycles. The molecular formula is C27H22N2O5S. The van der Waals surface area contributed by atoms with Crippen molar-refractivity contribution in [2.75, 3.05) is 4.90 Å². The van der Waals surface area contributed by atoms with Gasteiger partial charge in [0.1, 0.15) is 17.9 Å². The van der Waals surface area contributed by atoms with Crippen molar-refractivity contribution in [3.05, 3.63) is 100 Å². The number of anilines is 1. The van der Waals surface area contributed by atoms with Gasteiger partial charge in [-0.1, -0.05) is 42.5 Å². The average molecular weight is 487 g/mol. The van der Waals surface area contributed by atoms with E-state index in [1.807, 2.05) is 26.0 Å². The summed E-state index contributed by atoms with van der Waals surface area (Å²) in [6.45, 7) is 4.01. The van der Waals surface area contributed by atoms with Crippen molar-refractivity contribution in [1.29, 1.82) is 0 Å². The van der Waals surface area contributed by atoms with Crippen LogP contribution in [-0.2, 0) is 16.2 Å². The minimum Gasteiger partial charge on any atom is -0.488 e. The number of carbonyl (C=O) groups excluding carboxylic acids is 2. The summed E-state index contributed by atoms with van der Waals surface area (Å²) in [6.07, 6.45) is 1.49. The Kier molecular flexibility index (Phi) is 6.75. The van der Waals surface area contributed by atoms with Gasteiger partial charge < -0.3 is 9.84 Å². The van der Waals surface area contributed by atoms with Crippen molar-refractivity contribution in [3.63, 3.8) is 0 Å². The Balaban J connectivity index is 1.62. The summed E-state index contributed by atoms with van der Waals surface area (Å²) in [5.41, 5.74) is 3.93. The van der Waals surface area contributed by atoms with Gasteiger partial charge in [0, 0.05) is 5.56 Å². The van der Waals surface area contributed by atoms with Gasteiger partial charge in [0.05, 0.1) is 11.3 Å². The zero-order valence-corrected chi connectivity index (χ0v) is 19.9. The smallest absolute Gasteiger partial charge is 0.335 e. The molecule has 35 heavy (non-hydrogen) atoms. The Morgan fingerprint density at radius 3 is 2.46 bits per heavy atom. The SMILES string of the molecule is Cc1cccc(N2C(=O)/C(=C/c3ccccc3OCc3ccc(C(=O)O)cc3)C(=O)NC2=S)c1C. The molecule has 7 nitrogen and oxygen atoms in total. The van der Waals surface area contributed by atoms with Crippen LogP contribution in [-0.4, -0.2) is 28.0 Å². The molecule has 1 heterocycles. The van der Waals surface area contributed by atoms with Crippen LogP contribution in [0, 0.1) is 13.8 Å². The highest BCUT2D eigenvalue weighted by Crippen LogP contribution is 2.29. The van der Waals surface area contributed by atoms with E-state index in [0.717, 1.165) is 16.7 Å². The summed E-state index contributed by atoms with van der Waals surface area (Å²) >= 11 is 5.31. The fourth-order valence-electron chi connectivity index (χ4n) is 3.65. The predicted molar refractivity (Wildman–Crippen MR) is 136 cm³/mol. The number of aromatic carboxylic acids is 1. The number of ether oxygens (including phenoxy) is 1. The molecule has 176 valence electrons. The average Bonchev–Trinajstić information content (AvgIpc) is 2.83. The molecule has 0 aromatic heterocycles. The molecule has 0 atom stereocenters. The molecule has 4 rings (SSSR count). The summed E-state index contributed by atoms with van der Waals surface area (Å²) < 4.78 is 5.93. The zero-order chi connectivity index (χ0) is 25.1. The molecule has 0 saturated carbocycles. The van der Waals surface area contributed by atoms with Crippen LogP contribution in [0.25, 0.3) is 6.08 Å². The molecule has 0 unspecified atom stereocenters. The van der Waals surface area contributed by atoms with Crippen LogP contribution < -0.4 is 15.0 Å². The fraction of sp³-hybridized carbons (Fsp3) is 0.111. The topological polar surface area (TPSA) is 95.9 Å². The first-order valence-electron chi connectivity index (χ1n) is 10.8. The van der Waals surface area contributed by atoms with Gasteiger partial charge in [-0.05, 0) is 73.1 Å². The normalized spacial score (nSPS) is 14.7. The van der Waals surface area contributed by atoms with E-state index in [0.29, 0.717) is 17.0 Å². The van der Waals surface area contributed by atoms with Gasteiger partial charge >= 0.3 is 5.97 Å². The molecule has 3 aromatic carbocycles. The van der Waals surface area contributed by atoms with E-state index in [1.165, 1.54) is 23.1 Å². The summed E-state index contributed by atoms with van der Waals surface area (Å²) in [5, 5.41) is 11.7. The first kappa shape index (κ1) is 23.8. The van der Waals surface area contributed by atoms with Crippen LogP contribution in [0.4, 0.5) is 5.69 Å². The standard InChI is InChI=1S/C27H22N2O5S/c1-16-6-5-8-22(17(16)2)29-25(31)21(24(30)28-27(29)35)14-20-7-3-4-9-23(20)34-15-18-10-12-19(13-11-18)26(32)33/h3-14H,15H2,1-2H3,(H,32,33)(H,28,30,35)/b21-14+. The van der Waals surface area contributed by atoms with E-state index in [2.05, 4.69) is 5.32 Å². The first-order chi connectivity index (χ1) is 16.8. The lowest BCUT2D eigenvalue weighted by Crippen LogP contribution is -2.54. The van der Waals surface area contributed by atoms with Crippen molar-refractivity contribution >= 4 is 46.9 Å². The summed E-state index contributed by atoms with van der Waals surface area (Å²) in [7, 11) is 0. The lowest BCUT2D eigenvalue weighted by atomic mass is 10.0. The number of para-hydroxylation sites is 1. The van der Waals surface area contributed by atoms with Gasteiger partial charge in [-0.15, -0.1) is 0 Å². The monoisotopic (exact) mass is 486 g/mol. The lowest BCUT2D eigenvalue weighted by Gasteiger charge is -2.30. The maximum atomic E-state index is 13.4. The Hall–Kier alpha value is -4.30. The van der Waals surface area contributed by atoms with Crippen LogP contribution in [0.5, 0.6) is 5.75 Å². The van der Waals surface area contributed by atoms with Crippen LogP contribution >= 0.6 is 12.2 Å². The van der Waals surface area contributed by atoms with E-state index < -0.39 is 17.8 Å². The Labute approximate surface area is 207 Å². The lowest BCUT2D eigenvalue weighted by molar-refractivity contribution is -0.122. The molecule has 1 saturated heterocycles. The van der Waals surface area contributed by atoms with Gasteiger partial charge in [-0.25, -0.2) is 4.79 Å². The zero-order valence-electron chi connectivity index (χ0n) is 19.1. The third kappa shape index (κ3) is 4.97. The van der Waals surface area contributed by atoms with Crippen LogP contribution in [0.2, 0.25) is 0 Å². The largest absolute Gasteiger partial charge is 0.488 e. The van der Waals surface area contributed by atoms with Crippen molar-refractivity contribution in [2.45, 2.75) is 20.5 Å². The minimum absolute atomic E-state index is 0.0280. The number of nitrogens with zero attached hydrogens (tertiary/aromatic N) is 1. The maximum absolute atomic E-state index is 13.4. The predicted octanol–water partition coefficient (Wildman–Crippen LogP) is 4.41. The number of rotatable bonds is 6. The van der Waals surface area contributed by atoms with Crippen molar-refractivity contribution in [1.82, 2.24) is 5.32 Å². The third-order valence-corrected chi connectivity index (χ3v) is 6.02. The summed E-state index contributed by atoms with van der Waals surface area (Å²) in [6, 6.07) is 18.9. The highest BCUT2D eigenvalue weighted by molar-refractivity contribution is 7.80. The maximum Gasteiger partial charge on any atom is 0.335 e. The number of carbonyl (C=O) groups is 3. The van der Waals surface area contributed by atoms with E-state index in [4.69, 9.17) is 22.1 Å². The van der Waals surface area contributed by atoms with Crippen LogP contribution in [0.15, 0.2) is 72.3 Å². The van der Waals surface area contributed by atoms with Crippen molar-refractivity contribution in [2.24, 2.45) is 0 Å². The molecule has 0 spiro atoms. The molecule has 0 radical (unpaired) electrons. The number of hydrogen-bond donors (Lipinski definition) is 2. The number of thiocarbonyl (C=S) groups is 1. The number of aryl methyl sites for hydroxylation is 1. The molecule has 0 aliphatic carbocycles. The second kappa shape index (κ2) is 9.90. The molecular weight excluding hydrogens is 464 g/mol.